The molecule has 3 nitrogen and oxygen atoms in total. The van der Waals surface area contributed by atoms with Crippen molar-refractivity contribution in [3.05, 3.63) is 78.9 Å². The Labute approximate surface area is 112 Å². The van der Waals surface area contributed by atoms with Gasteiger partial charge in [0.05, 0.1) is 0 Å². The molecule has 94 valence electrons. The Bertz CT molecular complexity index is 630. The summed E-state index contributed by atoms with van der Waals surface area (Å²) >= 11 is 0. The fraction of sp³-hybridized carbons (Fsp3) is 0.0625. The molecule has 0 amide bonds. The molecule has 0 aliphatic carbocycles. The van der Waals surface area contributed by atoms with Crippen molar-refractivity contribution in [1.82, 2.24) is 9.55 Å². The zero-order valence-electron chi connectivity index (χ0n) is 10.5. The van der Waals surface area contributed by atoms with Crippen LogP contribution in [0.2, 0.25) is 0 Å². The number of nitrogens with zero attached hydrogens (tertiary/aromatic N) is 2. The highest BCUT2D eigenvalue weighted by atomic mass is 14.9. The summed E-state index contributed by atoms with van der Waals surface area (Å²) in [6, 6.07) is 16.4. The molecule has 0 fully saturated rings. The first-order valence-corrected chi connectivity index (χ1v) is 6.28. The van der Waals surface area contributed by atoms with Gasteiger partial charge in [-0.3, -0.25) is 4.98 Å². The second kappa shape index (κ2) is 5.40. The van der Waals surface area contributed by atoms with Crippen molar-refractivity contribution in [3.8, 4) is 5.69 Å². The Balaban J connectivity index is 1.74. The van der Waals surface area contributed by atoms with Crippen LogP contribution in [0.4, 0.5) is 5.69 Å². The van der Waals surface area contributed by atoms with Crippen molar-refractivity contribution in [3.63, 3.8) is 0 Å². The van der Waals surface area contributed by atoms with Gasteiger partial charge in [0.15, 0.2) is 0 Å². The molecule has 2 heterocycles. The van der Waals surface area contributed by atoms with E-state index in [-0.39, 0.29) is 0 Å². The number of nitrogens with one attached hydrogen (secondary N) is 1. The number of aromatic nitrogens is 2. The molecule has 0 saturated heterocycles. The molecular weight excluding hydrogens is 234 g/mol. The van der Waals surface area contributed by atoms with Gasteiger partial charge in [-0.1, -0.05) is 12.1 Å². The van der Waals surface area contributed by atoms with Crippen molar-refractivity contribution in [2.45, 2.75) is 6.54 Å². The molecule has 0 aliphatic rings. The second-order valence-electron chi connectivity index (χ2n) is 4.36. The van der Waals surface area contributed by atoms with Crippen LogP contribution in [0.15, 0.2) is 73.3 Å². The summed E-state index contributed by atoms with van der Waals surface area (Å²) < 4.78 is 2.09. The van der Waals surface area contributed by atoms with Crippen LogP contribution in [0.3, 0.4) is 0 Å². The number of benzene rings is 1. The Hall–Kier alpha value is -2.55. The third-order valence-electron chi connectivity index (χ3n) is 2.97. The monoisotopic (exact) mass is 249 g/mol. The van der Waals surface area contributed by atoms with Crippen LogP contribution in [0.25, 0.3) is 5.69 Å². The first-order chi connectivity index (χ1) is 9.42. The van der Waals surface area contributed by atoms with E-state index < -0.39 is 0 Å². The average molecular weight is 249 g/mol. The van der Waals surface area contributed by atoms with E-state index in [1.54, 1.807) is 6.20 Å². The minimum atomic E-state index is 0.781. The summed E-state index contributed by atoms with van der Waals surface area (Å²) in [5.74, 6) is 0. The van der Waals surface area contributed by atoms with Crippen LogP contribution in [-0.2, 0) is 6.54 Å². The molecule has 0 aliphatic heterocycles. The maximum absolute atomic E-state index is 4.11. The van der Waals surface area contributed by atoms with Crippen LogP contribution in [0.5, 0.6) is 0 Å². The van der Waals surface area contributed by atoms with Gasteiger partial charge in [0.25, 0.3) is 0 Å². The first kappa shape index (κ1) is 11.5. The lowest BCUT2D eigenvalue weighted by molar-refractivity contribution is 1.07. The van der Waals surface area contributed by atoms with Gasteiger partial charge in [-0.25, -0.2) is 0 Å². The summed E-state index contributed by atoms with van der Waals surface area (Å²) in [6.45, 7) is 0.781. The van der Waals surface area contributed by atoms with E-state index in [9.17, 15) is 0 Å². The molecule has 2 aromatic heterocycles. The zero-order valence-corrected chi connectivity index (χ0v) is 10.5. The number of hydrogen-bond acceptors (Lipinski definition) is 2. The van der Waals surface area contributed by atoms with Crippen LogP contribution in [0.1, 0.15) is 5.56 Å². The van der Waals surface area contributed by atoms with Gasteiger partial charge < -0.3 is 9.88 Å². The van der Waals surface area contributed by atoms with E-state index >= 15 is 0 Å². The molecule has 0 atom stereocenters. The van der Waals surface area contributed by atoms with E-state index in [1.807, 2.05) is 36.8 Å². The van der Waals surface area contributed by atoms with E-state index in [1.165, 1.54) is 5.56 Å². The van der Waals surface area contributed by atoms with Gasteiger partial charge in [-0.05, 0) is 42.0 Å². The molecule has 3 heteroatoms. The molecule has 1 aromatic carbocycles. The molecule has 1 N–H and O–H groups in total. The molecule has 3 rings (SSSR count). The highest BCUT2D eigenvalue weighted by Gasteiger charge is 1.97. The fourth-order valence-corrected chi connectivity index (χ4v) is 1.99. The average Bonchev–Trinajstić information content (AvgIpc) is 3.01. The Morgan fingerprint density at radius 2 is 1.89 bits per heavy atom. The highest BCUT2D eigenvalue weighted by Crippen LogP contribution is 2.15. The zero-order chi connectivity index (χ0) is 12.9. The Morgan fingerprint density at radius 1 is 1.00 bits per heavy atom. The summed E-state index contributed by atoms with van der Waals surface area (Å²) in [4.78, 5) is 4.11. The number of anilines is 1. The number of pyridine rings is 1. The highest BCUT2D eigenvalue weighted by molar-refractivity contribution is 5.51. The first-order valence-electron chi connectivity index (χ1n) is 6.28. The lowest BCUT2D eigenvalue weighted by Gasteiger charge is -2.09. The van der Waals surface area contributed by atoms with Gasteiger partial charge in [0.2, 0.25) is 0 Å². The van der Waals surface area contributed by atoms with E-state index in [4.69, 9.17) is 0 Å². The normalized spacial score (nSPS) is 10.3. The maximum atomic E-state index is 4.11. The smallest absolute Gasteiger partial charge is 0.0469 e. The van der Waals surface area contributed by atoms with Gasteiger partial charge in [0, 0.05) is 42.7 Å². The van der Waals surface area contributed by atoms with Crippen LogP contribution in [-0.4, -0.2) is 9.55 Å². The standard InChI is InChI=1S/C16H15N3/c1-2-10-19(9-1)16-7-3-6-15(11-16)18-13-14-5-4-8-17-12-14/h1-12,18H,13H2. The Kier molecular flexibility index (Phi) is 3.28. The largest absolute Gasteiger partial charge is 0.381 e. The predicted octanol–water partition coefficient (Wildman–Crippen LogP) is 3.48. The summed E-state index contributed by atoms with van der Waals surface area (Å²) in [5.41, 5.74) is 3.44. The molecule has 0 bridgehead atoms. The minimum absolute atomic E-state index is 0.781. The van der Waals surface area contributed by atoms with Crippen LogP contribution >= 0.6 is 0 Å². The molecule has 0 unspecified atom stereocenters. The summed E-state index contributed by atoms with van der Waals surface area (Å²) in [6.07, 6.45) is 7.75. The molecular formula is C16H15N3. The Morgan fingerprint density at radius 3 is 2.68 bits per heavy atom. The molecule has 19 heavy (non-hydrogen) atoms. The second-order valence-corrected chi connectivity index (χ2v) is 4.36. The topological polar surface area (TPSA) is 29.9 Å². The molecule has 0 radical (unpaired) electrons. The van der Waals surface area contributed by atoms with Gasteiger partial charge in [-0.15, -0.1) is 0 Å². The lowest BCUT2D eigenvalue weighted by atomic mass is 10.2. The quantitative estimate of drug-likeness (QED) is 0.767. The molecule has 3 aromatic rings. The van der Waals surface area contributed by atoms with Crippen LogP contribution in [0, 0.1) is 0 Å². The summed E-state index contributed by atoms with van der Waals surface area (Å²) in [7, 11) is 0. The van der Waals surface area contributed by atoms with Gasteiger partial charge >= 0.3 is 0 Å². The SMILES string of the molecule is c1cncc(CNc2cccc(-n3cccc3)c2)c1. The molecule has 0 spiro atoms. The van der Waals surface area contributed by atoms with Crippen molar-refractivity contribution in [1.29, 1.82) is 0 Å². The minimum Gasteiger partial charge on any atom is -0.381 e. The summed E-state index contributed by atoms with van der Waals surface area (Å²) in [5, 5.41) is 3.41. The van der Waals surface area contributed by atoms with Crippen molar-refractivity contribution >= 4 is 5.69 Å². The predicted molar refractivity (Wildman–Crippen MR) is 77.3 cm³/mol. The van der Waals surface area contributed by atoms with Gasteiger partial charge in [-0.2, -0.15) is 0 Å². The number of hydrogen-bond donors (Lipinski definition) is 1. The molecule has 0 saturated carbocycles. The van der Waals surface area contributed by atoms with E-state index in [0.29, 0.717) is 0 Å². The van der Waals surface area contributed by atoms with Crippen molar-refractivity contribution < 1.29 is 0 Å². The van der Waals surface area contributed by atoms with Gasteiger partial charge in [0.1, 0.15) is 0 Å². The van der Waals surface area contributed by atoms with Crippen molar-refractivity contribution in [2.75, 3.05) is 5.32 Å². The maximum Gasteiger partial charge on any atom is 0.0469 e. The fourth-order valence-electron chi connectivity index (χ4n) is 1.99. The third kappa shape index (κ3) is 2.83. The van der Waals surface area contributed by atoms with Crippen molar-refractivity contribution in [2.24, 2.45) is 0 Å². The van der Waals surface area contributed by atoms with Crippen LogP contribution < -0.4 is 5.32 Å². The third-order valence-corrected chi connectivity index (χ3v) is 2.97. The van der Waals surface area contributed by atoms with E-state index in [0.717, 1.165) is 17.9 Å². The number of rotatable bonds is 4. The lowest BCUT2D eigenvalue weighted by Crippen LogP contribution is -2.00. The van der Waals surface area contributed by atoms with E-state index in [2.05, 4.69) is 45.2 Å².